The molecule has 1 unspecified atom stereocenters. The summed E-state index contributed by atoms with van der Waals surface area (Å²) in [6.45, 7) is 1.94. The number of anilines is 2. The molecule has 0 radical (unpaired) electrons. The SMILES string of the molecule is CSc1ncc2c(n1)N(C)CCN(c1cccc(OC3CCN(C(=O)O)C3)c1)C2=O. The molecule has 1 aromatic heterocycles. The van der Waals surface area contributed by atoms with Gasteiger partial charge in [-0.1, -0.05) is 17.8 Å². The van der Waals surface area contributed by atoms with Crippen LogP contribution in [0.1, 0.15) is 16.8 Å². The lowest BCUT2D eigenvalue weighted by atomic mass is 10.2. The lowest BCUT2D eigenvalue weighted by Crippen LogP contribution is -2.33. The van der Waals surface area contributed by atoms with Gasteiger partial charge in [-0.15, -0.1) is 0 Å². The van der Waals surface area contributed by atoms with E-state index in [0.29, 0.717) is 54.9 Å². The van der Waals surface area contributed by atoms with E-state index in [2.05, 4.69) is 9.97 Å². The van der Waals surface area contributed by atoms with Crippen molar-refractivity contribution in [2.24, 2.45) is 0 Å². The van der Waals surface area contributed by atoms with Crippen LogP contribution in [0.4, 0.5) is 16.3 Å². The van der Waals surface area contributed by atoms with Crippen LogP contribution in [0.3, 0.4) is 0 Å². The quantitative estimate of drug-likeness (QED) is 0.584. The average Bonchev–Trinajstić information content (AvgIpc) is 3.17. The third kappa shape index (κ3) is 4.00. The molecular formula is C20H23N5O4S. The monoisotopic (exact) mass is 429 g/mol. The highest BCUT2D eigenvalue weighted by molar-refractivity contribution is 7.98. The van der Waals surface area contributed by atoms with Crippen LogP contribution in [-0.2, 0) is 0 Å². The number of benzene rings is 1. The van der Waals surface area contributed by atoms with Crippen LogP contribution >= 0.6 is 11.8 Å². The van der Waals surface area contributed by atoms with Crippen LogP contribution < -0.4 is 14.5 Å². The second kappa shape index (κ2) is 8.39. The van der Waals surface area contributed by atoms with Gasteiger partial charge in [-0.2, -0.15) is 0 Å². The van der Waals surface area contributed by atoms with Crippen molar-refractivity contribution in [1.82, 2.24) is 14.9 Å². The number of fused-ring (bicyclic) bond motifs is 1. The molecule has 2 aliphatic rings. The Hall–Kier alpha value is -3.01. The number of rotatable bonds is 4. The van der Waals surface area contributed by atoms with Crippen molar-refractivity contribution in [1.29, 1.82) is 0 Å². The maximum absolute atomic E-state index is 13.3. The van der Waals surface area contributed by atoms with E-state index in [4.69, 9.17) is 9.84 Å². The summed E-state index contributed by atoms with van der Waals surface area (Å²) in [5, 5.41) is 9.74. The molecule has 0 saturated carbocycles. The number of carbonyl (C=O) groups excluding carboxylic acids is 1. The van der Waals surface area contributed by atoms with Gasteiger partial charge in [-0.3, -0.25) is 4.79 Å². The minimum absolute atomic E-state index is 0.155. The van der Waals surface area contributed by atoms with Crippen molar-refractivity contribution in [3.63, 3.8) is 0 Å². The normalized spacial score (nSPS) is 18.9. The lowest BCUT2D eigenvalue weighted by Gasteiger charge is -2.22. The summed E-state index contributed by atoms with van der Waals surface area (Å²) in [5.41, 5.74) is 1.19. The highest BCUT2D eigenvalue weighted by Crippen LogP contribution is 2.29. The Bertz CT molecular complexity index is 972. The Labute approximate surface area is 178 Å². The van der Waals surface area contributed by atoms with Gasteiger partial charge in [0.05, 0.1) is 6.54 Å². The Kier molecular flexibility index (Phi) is 5.67. The summed E-state index contributed by atoms with van der Waals surface area (Å²) in [7, 11) is 1.92. The molecule has 10 heteroatoms. The molecule has 1 saturated heterocycles. The van der Waals surface area contributed by atoms with Crippen LogP contribution in [0.15, 0.2) is 35.6 Å². The number of hydrogen-bond acceptors (Lipinski definition) is 7. The van der Waals surface area contributed by atoms with Crippen molar-refractivity contribution in [2.45, 2.75) is 17.7 Å². The molecule has 0 aliphatic carbocycles. The van der Waals surface area contributed by atoms with E-state index in [1.165, 1.54) is 16.7 Å². The number of nitrogens with zero attached hydrogens (tertiary/aromatic N) is 5. The smallest absolute Gasteiger partial charge is 0.407 e. The average molecular weight is 430 g/mol. The number of carbonyl (C=O) groups is 2. The Morgan fingerprint density at radius 3 is 2.87 bits per heavy atom. The Morgan fingerprint density at radius 1 is 1.30 bits per heavy atom. The molecule has 0 spiro atoms. The predicted molar refractivity (Wildman–Crippen MR) is 114 cm³/mol. The van der Waals surface area contributed by atoms with Gasteiger partial charge < -0.3 is 24.5 Å². The molecule has 9 nitrogen and oxygen atoms in total. The standard InChI is InChI=1S/C20H23N5O4S/c1-23-8-9-25(18(26)16-11-21-19(30-2)22-17(16)23)13-4-3-5-14(10-13)29-15-6-7-24(12-15)20(27)28/h3-5,10-11,15H,6-9,12H2,1-2H3,(H,27,28). The highest BCUT2D eigenvalue weighted by atomic mass is 32.2. The summed E-state index contributed by atoms with van der Waals surface area (Å²) in [4.78, 5) is 38.2. The number of amides is 2. The molecule has 2 amide bonds. The number of likely N-dealkylation sites (N-methyl/N-ethyl adjacent to an activating group) is 1. The summed E-state index contributed by atoms with van der Waals surface area (Å²) < 4.78 is 5.99. The van der Waals surface area contributed by atoms with Crippen molar-refractivity contribution in [3.05, 3.63) is 36.0 Å². The Morgan fingerprint density at radius 2 is 2.13 bits per heavy atom. The summed E-state index contributed by atoms with van der Waals surface area (Å²) in [6.07, 6.45) is 3.01. The second-order valence-corrected chi connectivity index (χ2v) is 8.00. The second-order valence-electron chi connectivity index (χ2n) is 7.23. The molecule has 0 bridgehead atoms. The maximum Gasteiger partial charge on any atom is 0.407 e. The van der Waals surface area contributed by atoms with Crippen molar-refractivity contribution in [2.75, 3.05) is 49.3 Å². The number of ether oxygens (including phenoxy) is 1. The number of aromatic nitrogens is 2. The zero-order valence-electron chi connectivity index (χ0n) is 16.8. The molecule has 3 heterocycles. The first-order valence-electron chi connectivity index (χ1n) is 9.65. The molecule has 1 N–H and O–H groups in total. The van der Waals surface area contributed by atoms with E-state index in [1.807, 2.05) is 42.5 Å². The van der Waals surface area contributed by atoms with Crippen LogP contribution in [0.2, 0.25) is 0 Å². The van der Waals surface area contributed by atoms with Gasteiger partial charge in [0.15, 0.2) is 5.16 Å². The third-order valence-electron chi connectivity index (χ3n) is 5.27. The van der Waals surface area contributed by atoms with Crippen LogP contribution in [0.25, 0.3) is 0 Å². The number of hydrogen-bond donors (Lipinski definition) is 1. The molecule has 158 valence electrons. The van der Waals surface area contributed by atoms with Gasteiger partial charge in [0.25, 0.3) is 5.91 Å². The van der Waals surface area contributed by atoms with Crippen molar-refractivity contribution >= 4 is 35.3 Å². The summed E-state index contributed by atoms with van der Waals surface area (Å²) in [5.74, 6) is 1.09. The molecule has 1 aromatic carbocycles. The largest absolute Gasteiger partial charge is 0.488 e. The van der Waals surface area contributed by atoms with E-state index >= 15 is 0 Å². The minimum atomic E-state index is -0.931. The minimum Gasteiger partial charge on any atom is -0.488 e. The van der Waals surface area contributed by atoms with Gasteiger partial charge in [0, 0.05) is 51.1 Å². The maximum atomic E-state index is 13.3. The fraction of sp³-hybridized carbons (Fsp3) is 0.400. The van der Waals surface area contributed by atoms with Gasteiger partial charge in [0.1, 0.15) is 23.2 Å². The van der Waals surface area contributed by atoms with Gasteiger partial charge in [0.2, 0.25) is 0 Å². The zero-order chi connectivity index (χ0) is 21.3. The fourth-order valence-corrected chi connectivity index (χ4v) is 4.00. The molecule has 30 heavy (non-hydrogen) atoms. The number of likely N-dealkylation sites (tertiary alicyclic amines) is 1. The summed E-state index contributed by atoms with van der Waals surface area (Å²) in [6, 6.07) is 7.35. The first kappa shape index (κ1) is 20.3. The predicted octanol–water partition coefficient (Wildman–Crippen LogP) is 2.43. The zero-order valence-corrected chi connectivity index (χ0v) is 17.6. The molecular weight excluding hydrogens is 406 g/mol. The topological polar surface area (TPSA) is 99.1 Å². The molecule has 1 atom stereocenters. The first-order chi connectivity index (χ1) is 14.5. The fourth-order valence-electron chi connectivity index (χ4n) is 3.66. The van der Waals surface area contributed by atoms with Gasteiger partial charge in [-0.05, 0) is 18.4 Å². The molecule has 2 aliphatic heterocycles. The molecule has 4 rings (SSSR count). The Balaban J connectivity index is 1.56. The van der Waals surface area contributed by atoms with E-state index in [1.54, 1.807) is 11.1 Å². The summed E-state index contributed by atoms with van der Waals surface area (Å²) >= 11 is 1.44. The third-order valence-corrected chi connectivity index (χ3v) is 5.83. The molecule has 1 fully saturated rings. The van der Waals surface area contributed by atoms with Crippen molar-refractivity contribution in [3.8, 4) is 5.75 Å². The number of thioether (sulfide) groups is 1. The molecule has 2 aromatic rings. The van der Waals surface area contributed by atoms with E-state index in [-0.39, 0.29) is 12.0 Å². The lowest BCUT2D eigenvalue weighted by molar-refractivity contribution is 0.0989. The van der Waals surface area contributed by atoms with Crippen LogP contribution in [-0.4, -0.2) is 77.6 Å². The highest BCUT2D eigenvalue weighted by Gasteiger charge is 2.29. The van der Waals surface area contributed by atoms with Crippen LogP contribution in [0.5, 0.6) is 5.75 Å². The van der Waals surface area contributed by atoms with Gasteiger partial charge >= 0.3 is 6.09 Å². The first-order valence-corrected chi connectivity index (χ1v) is 10.9. The van der Waals surface area contributed by atoms with E-state index < -0.39 is 6.09 Å². The van der Waals surface area contributed by atoms with Crippen LogP contribution in [0, 0.1) is 0 Å². The van der Waals surface area contributed by atoms with E-state index in [9.17, 15) is 9.59 Å². The van der Waals surface area contributed by atoms with Gasteiger partial charge in [-0.25, -0.2) is 14.8 Å². The number of carboxylic acid groups (broad SMARTS) is 1. The van der Waals surface area contributed by atoms with Crippen molar-refractivity contribution < 1.29 is 19.4 Å². The van der Waals surface area contributed by atoms with E-state index in [0.717, 1.165) is 5.69 Å².